The molecule has 2 saturated heterocycles. The van der Waals surface area contributed by atoms with Gasteiger partial charge in [-0.3, -0.25) is 4.90 Å². The highest BCUT2D eigenvalue weighted by molar-refractivity contribution is 4.80. The van der Waals surface area contributed by atoms with Crippen molar-refractivity contribution in [2.45, 2.75) is 38.6 Å². The third-order valence-corrected chi connectivity index (χ3v) is 3.94. The Morgan fingerprint density at radius 1 is 1.38 bits per heavy atom. The molecule has 0 radical (unpaired) electrons. The minimum Gasteiger partial charge on any atom is -0.381 e. The van der Waals surface area contributed by atoms with Crippen LogP contribution < -0.4 is 5.32 Å². The number of ether oxygens (including phenoxy) is 1. The van der Waals surface area contributed by atoms with Gasteiger partial charge in [-0.25, -0.2) is 0 Å². The van der Waals surface area contributed by atoms with Gasteiger partial charge in [0, 0.05) is 38.9 Å². The zero-order chi connectivity index (χ0) is 11.2. The van der Waals surface area contributed by atoms with E-state index in [1.54, 1.807) is 0 Å². The van der Waals surface area contributed by atoms with E-state index in [1.807, 2.05) is 0 Å². The summed E-state index contributed by atoms with van der Waals surface area (Å²) in [6, 6.07) is 0.779. The van der Waals surface area contributed by atoms with Crippen LogP contribution in [0.4, 0.5) is 0 Å². The molecule has 2 aliphatic heterocycles. The van der Waals surface area contributed by atoms with Crippen LogP contribution in [0, 0.1) is 5.92 Å². The summed E-state index contributed by atoms with van der Waals surface area (Å²) in [5.74, 6) is 0.831. The smallest absolute Gasteiger partial charge is 0.0495 e. The summed E-state index contributed by atoms with van der Waals surface area (Å²) in [5, 5.41) is 3.51. The van der Waals surface area contributed by atoms with E-state index in [0.717, 1.165) is 25.2 Å². The van der Waals surface area contributed by atoms with E-state index in [1.165, 1.54) is 51.9 Å². The lowest BCUT2D eigenvalue weighted by Crippen LogP contribution is -2.51. The van der Waals surface area contributed by atoms with Crippen LogP contribution in [0.3, 0.4) is 0 Å². The SMILES string of the molecule is CCCC1CNCCN1CCC1CCOC1. The molecular formula is C13H26N2O. The molecule has 94 valence electrons. The Kier molecular flexibility index (Phi) is 5.07. The van der Waals surface area contributed by atoms with Crippen LogP contribution in [0.15, 0.2) is 0 Å². The van der Waals surface area contributed by atoms with Gasteiger partial charge in [-0.1, -0.05) is 13.3 Å². The molecule has 0 bridgehead atoms. The van der Waals surface area contributed by atoms with Gasteiger partial charge in [0.05, 0.1) is 0 Å². The Morgan fingerprint density at radius 2 is 2.31 bits per heavy atom. The van der Waals surface area contributed by atoms with Crippen molar-refractivity contribution in [3.63, 3.8) is 0 Å². The van der Waals surface area contributed by atoms with Crippen molar-refractivity contribution in [1.82, 2.24) is 10.2 Å². The molecule has 2 fully saturated rings. The van der Waals surface area contributed by atoms with E-state index in [0.29, 0.717) is 0 Å². The maximum Gasteiger partial charge on any atom is 0.0495 e. The first-order chi connectivity index (χ1) is 7.90. The fourth-order valence-corrected chi connectivity index (χ4v) is 2.87. The number of nitrogens with zero attached hydrogens (tertiary/aromatic N) is 1. The number of hydrogen-bond donors (Lipinski definition) is 1. The second-order valence-corrected chi connectivity index (χ2v) is 5.20. The topological polar surface area (TPSA) is 24.5 Å². The molecule has 16 heavy (non-hydrogen) atoms. The van der Waals surface area contributed by atoms with Crippen LogP contribution in [-0.2, 0) is 4.74 Å². The second kappa shape index (κ2) is 6.58. The average molecular weight is 226 g/mol. The van der Waals surface area contributed by atoms with E-state index in [9.17, 15) is 0 Å². The summed E-state index contributed by atoms with van der Waals surface area (Å²) in [6.45, 7) is 9.15. The molecule has 0 aliphatic carbocycles. The molecule has 0 aromatic heterocycles. The highest BCUT2D eigenvalue weighted by Crippen LogP contribution is 2.18. The van der Waals surface area contributed by atoms with E-state index in [2.05, 4.69) is 17.1 Å². The highest BCUT2D eigenvalue weighted by atomic mass is 16.5. The van der Waals surface area contributed by atoms with E-state index < -0.39 is 0 Å². The van der Waals surface area contributed by atoms with Gasteiger partial charge in [0.25, 0.3) is 0 Å². The monoisotopic (exact) mass is 226 g/mol. The zero-order valence-electron chi connectivity index (χ0n) is 10.6. The number of piperazine rings is 1. The van der Waals surface area contributed by atoms with Crippen LogP contribution in [0.2, 0.25) is 0 Å². The first-order valence-electron chi connectivity index (χ1n) is 6.92. The molecule has 0 saturated carbocycles. The van der Waals surface area contributed by atoms with E-state index in [-0.39, 0.29) is 0 Å². The lowest BCUT2D eigenvalue weighted by Gasteiger charge is -2.36. The summed E-state index contributed by atoms with van der Waals surface area (Å²) in [7, 11) is 0. The Balaban J connectivity index is 1.72. The molecular weight excluding hydrogens is 200 g/mol. The van der Waals surface area contributed by atoms with Gasteiger partial charge in [0.2, 0.25) is 0 Å². The van der Waals surface area contributed by atoms with Crippen molar-refractivity contribution in [3.8, 4) is 0 Å². The van der Waals surface area contributed by atoms with Crippen molar-refractivity contribution in [2.75, 3.05) is 39.4 Å². The molecule has 2 rings (SSSR count). The maximum atomic E-state index is 5.44. The Labute approximate surface area is 99.5 Å². The Bertz CT molecular complexity index is 190. The predicted octanol–water partition coefficient (Wildman–Crippen LogP) is 1.49. The van der Waals surface area contributed by atoms with E-state index in [4.69, 9.17) is 4.74 Å². The first-order valence-corrected chi connectivity index (χ1v) is 6.92. The van der Waals surface area contributed by atoms with Crippen LogP contribution in [0.5, 0.6) is 0 Å². The van der Waals surface area contributed by atoms with Crippen LogP contribution in [0.1, 0.15) is 32.6 Å². The summed E-state index contributed by atoms with van der Waals surface area (Å²) in [6.07, 6.45) is 5.26. The van der Waals surface area contributed by atoms with Crippen molar-refractivity contribution >= 4 is 0 Å². The number of nitrogens with one attached hydrogen (secondary N) is 1. The molecule has 2 unspecified atom stereocenters. The largest absolute Gasteiger partial charge is 0.381 e. The Morgan fingerprint density at radius 3 is 3.06 bits per heavy atom. The zero-order valence-corrected chi connectivity index (χ0v) is 10.6. The van der Waals surface area contributed by atoms with Gasteiger partial charge in [0.1, 0.15) is 0 Å². The Hall–Kier alpha value is -0.120. The van der Waals surface area contributed by atoms with Gasteiger partial charge in [-0.2, -0.15) is 0 Å². The molecule has 0 amide bonds. The van der Waals surface area contributed by atoms with Gasteiger partial charge in [-0.05, 0) is 31.7 Å². The highest BCUT2D eigenvalue weighted by Gasteiger charge is 2.23. The summed E-state index contributed by atoms with van der Waals surface area (Å²) >= 11 is 0. The fourth-order valence-electron chi connectivity index (χ4n) is 2.87. The molecule has 2 aliphatic rings. The van der Waals surface area contributed by atoms with Gasteiger partial charge < -0.3 is 10.1 Å². The number of hydrogen-bond acceptors (Lipinski definition) is 3. The van der Waals surface area contributed by atoms with Crippen LogP contribution in [0.25, 0.3) is 0 Å². The molecule has 0 spiro atoms. The maximum absolute atomic E-state index is 5.44. The minimum atomic E-state index is 0.779. The van der Waals surface area contributed by atoms with Crippen molar-refractivity contribution in [2.24, 2.45) is 5.92 Å². The second-order valence-electron chi connectivity index (χ2n) is 5.20. The average Bonchev–Trinajstić information content (AvgIpc) is 2.81. The van der Waals surface area contributed by atoms with Crippen molar-refractivity contribution in [1.29, 1.82) is 0 Å². The molecule has 3 nitrogen and oxygen atoms in total. The third kappa shape index (κ3) is 3.44. The van der Waals surface area contributed by atoms with Crippen molar-refractivity contribution < 1.29 is 4.74 Å². The molecule has 1 N–H and O–H groups in total. The molecule has 0 aromatic carbocycles. The van der Waals surface area contributed by atoms with Gasteiger partial charge in [0.15, 0.2) is 0 Å². The number of rotatable bonds is 5. The fraction of sp³-hybridized carbons (Fsp3) is 1.00. The molecule has 2 heterocycles. The lowest BCUT2D eigenvalue weighted by atomic mass is 10.0. The third-order valence-electron chi connectivity index (χ3n) is 3.94. The van der Waals surface area contributed by atoms with Crippen LogP contribution in [-0.4, -0.2) is 50.3 Å². The van der Waals surface area contributed by atoms with Gasteiger partial charge in [-0.15, -0.1) is 0 Å². The first kappa shape index (κ1) is 12.3. The normalized spacial score (nSPS) is 32.1. The predicted molar refractivity (Wildman–Crippen MR) is 66.7 cm³/mol. The summed E-state index contributed by atoms with van der Waals surface area (Å²) in [4.78, 5) is 2.69. The van der Waals surface area contributed by atoms with E-state index >= 15 is 0 Å². The molecule has 2 atom stereocenters. The van der Waals surface area contributed by atoms with Gasteiger partial charge >= 0.3 is 0 Å². The molecule has 3 heteroatoms. The van der Waals surface area contributed by atoms with Crippen molar-refractivity contribution in [3.05, 3.63) is 0 Å². The standard InChI is InChI=1S/C13H26N2O/c1-2-3-13-10-14-6-8-15(13)7-4-12-5-9-16-11-12/h12-14H,2-11H2,1H3. The summed E-state index contributed by atoms with van der Waals surface area (Å²) in [5.41, 5.74) is 0. The summed E-state index contributed by atoms with van der Waals surface area (Å²) < 4.78 is 5.44. The quantitative estimate of drug-likeness (QED) is 0.768. The van der Waals surface area contributed by atoms with Crippen LogP contribution >= 0.6 is 0 Å². The minimum absolute atomic E-state index is 0.779. The lowest BCUT2D eigenvalue weighted by molar-refractivity contribution is 0.136. The molecule has 0 aromatic rings.